The van der Waals surface area contributed by atoms with Crippen LogP contribution in [0.5, 0.6) is 0 Å². The standard InChI is InChI=1S/C22H15BrN2O3/c23-19-8-4-2-6-15(19)11-14-10-9-13-5-1-3-7-16(13)17(14)12-18-20(26)24-22(28)25-21(18)27/h1-10,12H,11H2,(H2,24,25,26,27,28). The molecule has 2 N–H and O–H groups in total. The molecule has 5 nitrogen and oxygen atoms in total. The Morgan fingerprint density at radius 3 is 2.21 bits per heavy atom. The van der Waals surface area contributed by atoms with Crippen molar-refractivity contribution in [3.63, 3.8) is 0 Å². The van der Waals surface area contributed by atoms with Gasteiger partial charge in [-0.25, -0.2) is 4.79 Å². The largest absolute Gasteiger partial charge is 0.328 e. The fraction of sp³-hybridized carbons (Fsp3) is 0.0455. The van der Waals surface area contributed by atoms with Crippen LogP contribution in [-0.4, -0.2) is 17.8 Å². The van der Waals surface area contributed by atoms with E-state index in [1.165, 1.54) is 0 Å². The monoisotopic (exact) mass is 434 g/mol. The number of benzene rings is 3. The molecular formula is C22H15BrN2O3. The zero-order chi connectivity index (χ0) is 19.7. The smallest absolute Gasteiger partial charge is 0.273 e. The molecule has 0 aromatic heterocycles. The number of hydrogen-bond donors (Lipinski definition) is 2. The van der Waals surface area contributed by atoms with Crippen molar-refractivity contribution in [1.29, 1.82) is 0 Å². The second kappa shape index (κ2) is 7.40. The van der Waals surface area contributed by atoms with Crippen LogP contribution in [0, 0.1) is 0 Å². The van der Waals surface area contributed by atoms with Crippen LogP contribution in [0.1, 0.15) is 16.7 Å². The topological polar surface area (TPSA) is 75.3 Å². The van der Waals surface area contributed by atoms with Crippen molar-refractivity contribution < 1.29 is 14.4 Å². The number of nitrogens with one attached hydrogen (secondary N) is 2. The average Bonchev–Trinajstić information content (AvgIpc) is 2.67. The molecular weight excluding hydrogens is 420 g/mol. The first kappa shape index (κ1) is 18.1. The van der Waals surface area contributed by atoms with E-state index in [0.717, 1.165) is 31.9 Å². The van der Waals surface area contributed by atoms with E-state index >= 15 is 0 Å². The highest BCUT2D eigenvalue weighted by molar-refractivity contribution is 9.10. The molecule has 0 bridgehead atoms. The highest BCUT2D eigenvalue weighted by atomic mass is 79.9. The van der Waals surface area contributed by atoms with Gasteiger partial charge in [-0.1, -0.05) is 70.5 Å². The van der Waals surface area contributed by atoms with Crippen LogP contribution in [0.4, 0.5) is 4.79 Å². The molecule has 0 radical (unpaired) electrons. The Bertz CT molecular complexity index is 1150. The van der Waals surface area contributed by atoms with E-state index in [2.05, 4.69) is 26.6 Å². The number of urea groups is 1. The van der Waals surface area contributed by atoms with Crippen LogP contribution in [-0.2, 0) is 16.0 Å². The van der Waals surface area contributed by atoms with Gasteiger partial charge in [0.15, 0.2) is 0 Å². The van der Waals surface area contributed by atoms with Crippen molar-refractivity contribution in [3.05, 3.63) is 87.4 Å². The zero-order valence-electron chi connectivity index (χ0n) is 14.7. The van der Waals surface area contributed by atoms with Gasteiger partial charge in [0.25, 0.3) is 11.8 Å². The van der Waals surface area contributed by atoms with Crippen LogP contribution in [0.15, 0.2) is 70.7 Å². The van der Waals surface area contributed by atoms with Gasteiger partial charge in [-0.05, 0) is 46.0 Å². The molecule has 6 heteroatoms. The molecule has 3 aromatic carbocycles. The Hall–Kier alpha value is -3.25. The molecule has 0 saturated carbocycles. The minimum atomic E-state index is -0.807. The number of imide groups is 2. The third-order valence-corrected chi connectivity index (χ3v) is 5.41. The van der Waals surface area contributed by atoms with Gasteiger partial charge in [0.1, 0.15) is 5.57 Å². The number of halogens is 1. The maximum absolute atomic E-state index is 12.2. The summed E-state index contributed by atoms with van der Waals surface area (Å²) >= 11 is 3.57. The third kappa shape index (κ3) is 3.46. The molecule has 1 aliphatic heterocycles. The van der Waals surface area contributed by atoms with Crippen LogP contribution in [0.25, 0.3) is 16.8 Å². The van der Waals surface area contributed by atoms with E-state index in [1.54, 1.807) is 6.08 Å². The lowest BCUT2D eigenvalue weighted by Crippen LogP contribution is -2.51. The number of barbiturate groups is 1. The number of fused-ring (bicyclic) bond motifs is 1. The molecule has 4 rings (SSSR count). The lowest BCUT2D eigenvalue weighted by Gasteiger charge is -2.16. The molecule has 138 valence electrons. The molecule has 1 heterocycles. The van der Waals surface area contributed by atoms with E-state index in [-0.39, 0.29) is 5.57 Å². The fourth-order valence-corrected chi connectivity index (χ4v) is 3.69. The van der Waals surface area contributed by atoms with E-state index in [4.69, 9.17) is 0 Å². The van der Waals surface area contributed by atoms with Gasteiger partial charge in [0.05, 0.1) is 0 Å². The fourth-order valence-electron chi connectivity index (χ4n) is 3.26. The molecule has 1 fully saturated rings. The Labute approximate surface area is 169 Å². The Morgan fingerprint density at radius 2 is 1.46 bits per heavy atom. The normalized spacial score (nSPS) is 14.0. The van der Waals surface area contributed by atoms with Gasteiger partial charge >= 0.3 is 6.03 Å². The summed E-state index contributed by atoms with van der Waals surface area (Å²) in [5.74, 6) is -1.40. The minimum absolute atomic E-state index is 0.0932. The van der Waals surface area contributed by atoms with Gasteiger partial charge in [0.2, 0.25) is 0 Å². The summed E-state index contributed by atoms with van der Waals surface area (Å²) in [7, 11) is 0. The number of hydrogen-bond acceptors (Lipinski definition) is 3. The molecule has 1 aliphatic rings. The first-order valence-electron chi connectivity index (χ1n) is 8.65. The molecule has 1 saturated heterocycles. The Morgan fingerprint density at radius 1 is 0.786 bits per heavy atom. The van der Waals surface area contributed by atoms with Crippen molar-refractivity contribution in [2.24, 2.45) is 0 Å². The minimum Gasteiger partial charge on any atom is -0.273 e. The quantitative estimate of drug-likeness (QED) is 0.484. The second-order valence-corrected chi connectivity index (χ2v) is 7.28. The molecule has 0 atom stereocenters. The molecule has 28 heavy (non-hydrogen) atoms. The first-order chi connectivity index (χ1) is 13.5. The van der Waals surface area contributed by atoms with Crippen LogP contribution in [0.3, 0.4) is 0 Å². The third-order valence-electron chi connectivity index (χ3n) is 4.63. The second-order valence-electron chi connectivity index (χ2n) is 6.42. The molecule has 0 aliphatic carbocycles. The predicted octanol–water partition coefficient (Wildman–Crippen LogP) is 3.94. The lowest BCUT2D eigenvalue weighted by atomic mass is 9.92. The van der Waals surface area contributed by atoms with Crippen molar-refractivity contribution in [2.75, 3.05) is 0 Å². The summed E-state index contributed by atoms with van der Waals surface area (Å²) in [6.45, 7) is 0. The Balaban J connectivity index is 1.89. The van der Waals surface area contributed by atoms with Gasteiger partial charge < -0.3 is 0 Å². The molecule has 0 unspecified atom stereocenters. The number of rotatable bonds is 3. The lowest BCUT2D eigenvalue weighted by molar-refractivity contribution is -0.123. The number of carbonyl (C=O) groups is 3. The van der Waals surface area contributed by atoms with Crippen LogP contribution < -0.4 is 10.6 Å². The number of carbonyl (C=O) groups excluding carboxylic acids is 3. The highest BCUT2D eigenvalue weighted by Gasteiger charge is 2.28. The van der Waals surface area contributed by atoms with E-state index in [1.807, 2.05) is 60.7 Å². The van der Waals surface area contributed by atoms with E-state index in [9.17, 15) is 14.4 Å². The zero-order valence-corrected chi connectivity index (χ0v) is 16.2. The maximum Gasteiger partial charge on any atom is 0.328 e. The molecule has 3 aromatic rings. The van der Waals surface area contributed by atoms with Crippen LogP contribution >= 0.6 is 15.9 Å². The maximum atomic E-state index is 12.2. The van der Waals surface area contributed by atoms with Gasteiger partial charge in [-0.3, -0.25) is 20.2 Å². The van der Waals surface area contributed by atoms with E-state index < -0.39 is 17.8 Å². The average molecular weight is 435 g/mol. The number of amides is 4. The van der Waals surface area contributed by atoms with Crippen molar-refractivity contribution in [2.45, 2.75) is 6.42 Å². The van der Waals surface area contributed by atoms with Gasteiger partial charge in [-0.15, -0.1) is 0 Å². The van der Waals surface area contributed by atoms with E-state index in [0.29, 0.717) is 6.42 Å². The van der Waals surface area contributed by atoms with Crippen molar-refractivity contribution in [3.8, 4) is 0 Å². The van der Waals surface area contributed by atoms with Crippen molar-refractivity contribution >= 4 is 50.6 Å². The highest BCUT2D eigenvalue weighted by Crippen LogP contribution is 2.29. The summed E-state index contributed by atoms with van der Waals surface area (Å²) in [6.07, 6.45) is 2.18. The van der Waals surface area contributed by atoms with Crippen LogP contribution in [0.2, 0.25) is 0 Å². The molecule has 0 spiro atoms. The van der Waals surface area contributed by atoms with Gasteiger partial charge in [-0.2, -0.15) is 0 Å². The summed E-state index contributed by atoms with van der Waals surface area (Å²) in [4.78, 5) is 35.8. The predicted molar refractivity (Wildman–Crippen MR) is 111 cm³/mol. The SMILES string of the molecule is O=C1NC(=O)C(=Cc2c(Cc3ccccc3Br)ccc3ccccc23)C(=O)N1. The summed E-state index contributed by atoms with van der Waals surface area (Å²) < 4.78 is 0.987. The molecule has 4 amide bonds. The summed E-state index contributed by atoms with van der Waals surface area (Å²) in [6, 6.07) is 18.9. The van der Waals surface area contributed by atoms with Gasteiger partial charge in [0, 0.05) is 4.47 Å². The summed E-state index contributed by atoms with van der Waals surface area (Å²) in [5.41, 5.74) is 2.74. The summed E-state index contributed by atoms with van der Waals surface area (Å²) in [5, 5.41) is 6.17. The van der Waals surface area contributed by atoms with Crippen molar-refractivity contribution in [1.82, 2.24) is 10.6 Å². The first-order valence-corrected chi connectivity index (χ1v) is 9.44. The Kier molecular flexibility index (Phi) is 4.79.